The van der Waals surface area contributed by atoms with E-state index in [0.29, 0.717) is 6.42 Å². The van der Waals surface area contributed by atoms with Gasteiger partial charge >= 0.3 is 11.7 Å². The van der Waals surface area contributed by atoms with Crippen molar-refractivity contribution in [2.24, 2.45) is 0 Å². The molecule has 1 aromatic heterocycles. The number of hydrogen-bond donors (Lipinski definition) is 1. The Morgan fingerprint density at radius 2 is 2.44 bits per heavy atom. The maximum absolute atomic E-state index is 10.9. The zero-order valence-electron chi connectivity index (χ0n) is 9.36. The van der Waals surface area contributed by atoms with Crippen LogP contribution in [0, 0.1) is 21.4 Å². The predicted octanol–water partition coefficient (Wildman–Crippen LogP) is 1.82. The average molecular weight is 267 g/mol. The highest BCUT2D eigenvalue weighted by Crippen LogP contribution is 2.33. The minimum Gasteiger partial charge on any atom is -0.480 e. The largest absolute Gasteiger partial charge is 0.480 e. The molecule has 1 atom stereocenters. The number of aliphatic carboxylic acids is 1. The Labute approximate surface area is 107 Å². The lowest BCUT2D eigenvalue weighted by Gasteiger charge is -2.08. The van der Waals surface area contributed by atoms with E-state index in [9.17, 15) is 14.9 Å². The van der Waals surface area contributed by atoms with Gasteiger partial charge < -0.3 is 5.11 Å². The van der Waals surface area contributed by atoms with Gasteiger partial charge in [-0.2, -0.15) is 5.26 Å². The highest BCUT2D eigenvalue weighted by molar-refractivity contribution is 8.00. The number of carboxylic acids is 1. The van der Waals surface area contributed by atoms with Crippen LogP contribution in [0.2, 0.25) is 0 Å². The van der Waals surface area contributed by atoms with Crippen LogP contribution < -0.4 is 0 Å². The lowest BCUT2D eigenvalue weighted by molar-refractivity contribution is -0.388. The van der Waals surface area contributed by atoms with E-state index in [0.717, 1.165) is 11.8 Å². The Hall–Kier alpha value is -2.14. The van der Waals surface area contributed by atoms with Crippen molar-refractivity contribution >= 4 is 23.4 Å². The van der Waals surface area contributed by atoms with Crippen molar-refractivity contribution in [3.05, 3.63) is 27.9 Å². The third-order valence-electron chi connectivity index (χ3n) is 2.09. The Bertz CT molecular complexity index is 526. The van der Waals surface area contributed by atoms with Crippen LogP contribution in [-0.4, -0.2) is 26.2 Å². The van der Waals surface area contributed by atoms with E-state index in [-0.39, 0.29) is 10.6 Å². The van der Waals surface area contributed by atoms with Crippen molar-refractivity contribution in [3.8, 4) is 6.07 Å². The molecule has 0 spiro atoms. The molecule has 1 heterocycles. The van der Waals surface area contributed by atoms with Gasteiger partial charge in [0.2, 0.25) is 0 Å². The fourth-order valence-corrected chi connectivity index (χ4v) is 2.19. The van der Waals surface area contributed by atoms with E-state index >= 15 is 0 Å². The maximum Gasteiger partial charge on any atom is 0.319 e. The summed E-state index contributed by atoms with van der Waals surface area (Å²) in [7, 11) is 0. The zero-order chi connectivity index (χ0) is 13.7. The summed E-state index contributed by atoms with van der Waals surface area (Å²) < 4.78 is 0. The van der Waals surface area contributed by atoms with Gasteiger partial charge in [0, 0.05) is 6.20 Å². The molecule has 0 fully saturated rings. The van der Waals surface area contributed by atoms with E-state index in [1.54, 1.807) is 13.0 Å². The van der Waals surface area contributed by atoms with Crippen LogP contribution in [0.25, 0.3) is 0 Å². The second-order valence-electron chi connectivity index (χ2n) is 3.23. The number of pyridine rings is 1. The van der Waals surface area contributed by atoms with Crippen LogP contribution >= 0.6 is 11.8 Å². The smallest absolute Gasteiger partial charge is 0.319 e. The molecular weight excluding hydrogens is 258 g/mol. The van der Waals surface area contributed by atoms with Crippen molar-refractivity contribution < 1.29 is 14.8 Å². The van der Waals surface area contributed by atoms with Gasteiger partial charge in [-0.05, 0) is 12.5 Å². The topological polar surface area (TPSA) is 117 Å². The van der Waals surface area contributed by atoms with Gasteiger partial charge in [0.1, 0.15) is 16.9 Å². The van der Waals surface area contributed by atoms with E-state index in [1.165, 1.54) is 12.3 Å². The fraction of sp³-hybridized carbons (Fsp3) is 0.300. The maximum atomic E-state index is 10.9. The number of carbonyl (C=O) groups is 1. The third kappa shape index (κ3) is 2.95. The molecular formula is C10H9N3O4S. The highest BCUT2D eigenvalue weighted by atomic mass is 32.2. The highest BCUT2D eigenvalue weighted by Gasteiger charge is 2.26. The van der Waals surface area contributed by atoms with Crippen molar-refractivity contribution in [3.63, 3.8) is 0 Å². The monoisotopic (exact) mass is 267 g/mol. The first-order valence-corrected chi connectivity index (χ1v) is 5.82. The fourth-order valence-electron chi connectivity index (χ4n) is 1.23. The molecule has 0 bridgehead atoms. The van der Waals surface area contributed by atoms with E-state index in [1.807, 2.05) is 0 Å². The van der Waals surface area contributed by atoms with Crippen LogP contribution in [-0.2, 0) is 4.79 Å². The number of hydrogen-bond acceptors (Lipinski definition) is 6. The number of nitro groups is 1. The first kappa shape index (κ1) is 13.9. The van der Waals surface area contributed by atoms with E-state index in [2.05, 4.69) is 4.98 Å². The van der Waals surface area contributed by atoms with Gasteiger partial charge in [-0.15, -0.1) is 0 Å². The van der Waals surface area contributed by atoms with Gasteiger partial charge in [-0.3, -0.25) is 14.9 Å². The number of carboxylic acid groups (broad SMARTS) is 1. The van der Waals surface area contributed by atoms with Crippen molar-refractivity contribution in [1.29, 1.82) is 5.26 Å². The van der Waals surface area contributed by atoms with Crippen LogP contribution in [0.5, 0.6) is 0 Å². The molecule has 1 N–H and O–H groups in total. The molecule has 94 valence electrons. The van der Waals surface area contributed by atoms with Gasteiger partial charge in [-0.25, -0.2) is 4.98 Å². The predicted molar refractivity (Wildman–Crippen MR) is 63.2 cm³/mol. The van der Waals surface area contributed by atoms with Crippen molar-refractivity contribution in [1.82, 2.24) is 4.98 Å². The Kier molecular flexibility index (Phi) is 4.62. The summed E-state index contributed by atoms with van der Waals surface area (Å²) in [5.41, 5.74) is -0.567. The second-order valence-corrected chi connectivity index (χ2v) is 4.43. The normalized spacial score (nSPS) is 11.6. The van der Waals surface area contributed by atoms with Crippen LogP contribution in [0.1, 0.15) is 18.9 Å². The van der Waals surface area contributed by atoms with Crippen LogP contribution in [0.3, 0.4) is 0 Å². The number of thioether (sulfide) groups is 1. The third-order valence-corrected chi connectivity index (χ3v) is 3.44. The lowest BCUT2D eigenvalue weighted by atomic mass is 10.2. The first-order valence-electron chi connectivity index (χ1n) is 4.94. The quantitative estimate of drug-likeness (QED) is 0.491. The average Bonchev–Trinajstić information content (AvgIpc) is 2.34. The van der Waals surface area contributed by atoms with Crippen molar-refractivity contribution in [2.45, 2.75) is 23.6 Å². The van der Waals surface area contributed by atoms with Gasteiger partial charge in [0.15, 0.2) is 5.03 Å². The molecule has 8 heteroatoms. The standard InChI is InChI=1S/C10H9N3O4S/c1-2-7(10(14)15)18-9-8(13(16)17)6(5-11)3-4-12-9/h3-4,7H,2H2,1H3,(H,14,15). The molecule has 1 aromatic rings. The minimum absolute atomic E-state index is 0.0479. The number of nitrogens with zero attached hydrogens (tertiary/aromatic N) is 3. The molecule has 1 unspecified atom stereocenters. The number of aromatic nitrogens is 1. The van der Waals surface area contributed by atoms with E-state index < -0.39 is 21.8 Å². The molecule has 18 heavy (non-hydrogen) atoms. The molecule has 0 aliphatic heterocycles. The molecule has 1 rings (SSSR count). The summed E-state index contributed by atoms with van der Waals surface area (Å²) >= 11 is 0.778. The summed E-state index contributed by atoms with van der Waals surface area (Å²) in [5, 5.41) is 27.7. The molecule has 0 aliphatic rings. The summed E-state index contributed by atoms with van der Waals surface area (Å²) in [5.74, 6) is -1.07. The van der Waals surface area contributed by atoms with E-state index in [4.69, 9.17) is 10.4 Å². The zero-order valence-corrected chi connectivity index (χ0v) is 10.2. The Balaban J connectivity index is 3.21. The SMILES string of the molecule is CCC(Sc1nccc(C#N)c1[N+](=O)[O-])C(=O)O. The molecule has 0 saturated carbocycles. The first-order chi connectivity index (χ1) is 8.51. The molecule has 0 aliphatic carbocycles. The Morgan fingerprint density at radius 1 is 1.78 bits per heavy atom. The summed E-state index contributed by atoms with van der Waals surface area (Å²) in [6.07, 6.45) is 1.55. The minimum atomic E-state index is -1.07. The molecule has 7 nitrogen and oxygen atoms in total. The van der Waals surface area contributed by atoms with Crippen molar-refractivity contribution in [2.75, 3.05) is 0 Å². The summed E-state index contributed by atoms with van der Waals surface area (Å²) in [6, 6.07) is 2.92. The van der Waals surface area contributed by atoms with Gasteiger partial charge in [0.25, 0.3) is 0 Å². The van der Waals surface area contributed by atoms with Crippen LogP contribution in [0.4, 0.5) is 5.69 Å². The molecule has 0 amide bonds. The summed E-state index contributed by atoms with van der Waals surface area (Å²) in [4.78, 5) is 24.8. The lowest BCUT2D eigenvalue weighted by Crippen LogP contribution is -2.15. The number of nitriles is 1. The van der Waals surface area contributed by atoms with Gasteiger partial charge in [0.05, 0.1) is 4.92 Å². The summed E-state index contributed by atoms with van der Waals surface area (Å²) in [6.45, 7) is 1.66. The molecule has 0 radical (unpaired) electrons. The molecule has 0 saturated heterocycles. The second kappa shape index (κ2) is 5.97. The Morgan fingerprint density at radius 3 is 2.89 bits per heavy atom. The van der Waals surface area contributed by atoms with Crippen LogP contribution in [0.15, 0.2) is 17.3 Å². The molecule has 0 aromatic carbocycles. The number of rotatable bonds is 5. The van der Waals surface area contributed by atoms with Gasteiger partial charge in [-0.1, -0.05) is 18.7 Å².